The molecule has 0 saturated carbocycles. The molecule has 20 heavy (non-hydrogen) atoms. The molecule has 3 nitrogen and oxygen atoms in total. The minimum absolute atomic E-state index is 0.278. The number of hydrogen-bond acceptors (Lipinski definition) is 2. The van der Waals surface area contributed by atoms with Crippen molar-refractivity contribution < 1.29 is 4.92 Å². The SMILES string of the molecule is CC.Cc1nc(C)c(C)[nH]1.[I][V]([I])[I].c1ccncc1. The van der Waals surface area contributed by atoms with Gasteiger partial charge in [-0.1, -0.05) is 19.9 Å². The van der Waals surface area contributed by atoms with Crippen molar-refractivity contribution >= 4 is 59.9 Å². The number of rotatable bonds is 0. The molecule has 0 aromatic carbocycles. The fourth-order valence-electron chi connectivity index (χ4n) is 1.04. The van der Waals surface area contributed by atoms with Crippen LogP contribution < -0.4 is 0 Å². The Morgan fingerprint density at radius 3 is 1.50 bits per heavy atom. The van der Waals surface area contributed by atoms with Gasteiger partial charge in [-0.3, -0.25) is 4.98 Å². The van der Waals surface area contributed by atoms with E-state index < -0.39 is 0 Å². The van der Waals surface area contributed by atoms with E-state index in [0.29, 0.717) is 0 Å². The van der Waals surface area contributed by atoms with Crippen LogP contribution in [0.3, 0.4) is 0 Å². The zero-order valence-electron chi connectivity index (χ0n) is 12.4. The smallest absolute Gasteiger partial charge is 0.0267 e. The molecule has 2 rings (SSSR count). The van der Waals surface area contributed by atoms with Gasteiger partial charge in [-0.2, -0.15) is 0 Å². The largest absolute Gasteiger partial charge is 0.265 e. The Hall–Kier alpha value is 1.13. The van der Waals surface area contributed by atoms with Gasteiger partial charge in [0.25, 0.3) is 0 Å². The fourth-order valence-corrected chi connectivity index (χ4v) is 1.04. The molecule has 114 valence electrons. The summed E-state index contributed by atoms with van der Waals surface area (Å²) < 4.78 is 0. The van der Waals surface area contributed by atoms with Crippen LogP contribution in [0.2, 0.25) is 0 Å². The predicted octanol–water partition coefficient (Wildman–Crippen LogP) is 6.10. The number of aromatic amines is 1. The summed E-state index contributed by atoms with van der Waals surface area (Å²) in [6.07, 6.45) is 3.50. The number of hydrogen-bond donors (Lipinski definition) is 1. The topological polar surface area (TPSA) is 41.6 Å². The summed E-state index contributed by atoms with van der Waals surface area (Å²) in [4.78, 5) is 10.8. The second-order valence-corrected chi connectivity index (χ2v) is 38.6. The molecule has 2 heterocycles. The summed E-state index contributed by atoms with van der Waals surface area (Å²) >= 11 is 7.39. The van der Waals surface area contributed by atoms with Crippen LogP contribution in [0.25, 0.3) is 0 Å². The van der Waals surface area contributed by atoms with E-state index in [4.69, 9.17) is 0 Å². The van der Waals surface area contributed by atoms with Crippen LogP contribution in [0.5, 0.6) is 0 Å². The Bertz CT molecular complexity index is 373. The van der Waals surface area contributed by atoms with E-state index in [1.54, 1.807) is 12.4 Å². The quantitative estimate of drug-likeness (QED) is 0.351. The third-order valence-electron chi connectivity index (χ3n) is 1.81. The first-order chi connectivity index (χ1) is 9.43. The Morgan fingerprint density at radius 1 is 0.950 bits per heavy atom. The van der Waals surface area contributed by atoms with Crippen LogP contribution >= 0.6 is 59.9 Å². The Kier molecular flexibility index (Phi) is 19.3. The zero-order valence-corrected chi connectivity index (χ0v) is 20.2. The van der Waals surface area contributed by atoms with Crippen LogP contribution in [0, 0.1) is 20.8 Å². The molecule has 2 aromatic heterocycles. The summed E-state index contributed by atoms with van der Waals surface area (Å²) in [6, 6.07) is 5.72. The van der Waals surface area contributed by atoms with Crippen molar-refractivity contribution in [2.75, 3.05) is 0 Å². The minimum atomic E-state index is -0.278. The Balaban J connectivity index is 0. The van der Waals surface area contributed by atoms with Gasteiger partial charge in [-0.25, -0.2) is 4.98 Å². The number of pyridine rings is 1. The maximum atomic E-state index is 4.16. The molecule has 0 radical (unpaired) electrons. The Morgan fingerprint density at radius 2 is 1.40 bits per heavy atom. The molecule has 0 atom stereocenters. The van der Waals surface area contributed by atoms with E-state index in [-0.39, 0.29) is 4.92 Å². The van der Waals surface area contributed by atoms with Crippen LogP contribution in [-0.4, -0.2) is 15.0 Å². The van der Waals surface area contributed by atoms with Crippen molar-refractivity contribution in [2.45, 2.75) is 34.6 Å². The van der Waals surface area contributed by atoms with Gasteiger partial charge >= 0.3 is 64.9 Å². The normalized spacial score (nSPS) is 8.45. The monoisotopic (exact) mass is 651 g/mol. The van der Waals surface area contributed by atoms with E-state index in [1.807, 2.05) is 52.8 Å². The number of nitrogens with zero attached hydrogens (tertiary/aromatic N) is 2. The van der Waals surface area contributed by atoms with Gasteiger partial charge in [0.05, 0.1) is 5.69 Å². The molecule has 0 aliphatic rings. The summed E-state index contributed by atoms with van der Waals surface area (Å²) in [6.45, 7) is 9.98. The van der Waals surface area contributed by atoms with Gasteiger partial charge in [0.15, 0.2) is 0 Å². The fraction of sp³-hybridized carbons (Fsp3) is 0.385. The molecular weight excluding hydrogens is 630 g/mol. The molecule has 0 fully saturated rings. The summed E-state index contributed by atoms with van der Waals surface area (Å²) in [5.74, 6) is 1.00. The van der Waals surface area contributed by atoms with Crippen molar-refractivity contribution in [1.29, 1.82) is 0 Å². The summed E-state index contributed by atoms with van der Waals surface area (Å²) in [5.41, 5.74) is 2.27. The summed E-state index contributed by atoms with van der Waals surface area (Å²) in [5, 5.41) is 0. The van der Waals surface area contributed by atoms with E-state index in [9.17, 15) is 0 Å². The first-order valence-electron chi connectivity index (χ1n) is 6.05. The van der Waals surface area contributed by atoms with Gasteiger partial charge in [0.1, 0.15) is 5.82 Å². The molecule has 0 saturated heterocycles. The first-order valence-corrected chi connectivity index (χ1v) is 19.6. The second-order valence-electron chi connectivity index (χ2n) is 3.25. The van der Waals surface area contributed by atoms with Crippen molar-refractivity contribution in [3.8, 4) is 0 Å². The molecule has 0 spiro atoms. The van der Waals surface area contributed by atoms with Gasteiger partial charge in [-0.05, 0) is 32.9 Å². The third-order valence-corrected chi connectivity index (χ3v) is 1.81. The molecule has 2 aromatic rings. The molecule has 0 aliphatic carbocycles. The average Bonchev–Trinajstić information content (AvgIpc) is 2.71. The van der Waals surface area contributed by atoms with Crippen molar-refractivity contribution in [3.63, 3.8) is 0 Å². The second kappa shape index (κ2) is 16.5. The number of imidazole rings is 1. The molecular formula is C13H21I3N3V. The van der Waals surface area contributed by atoms with Gasteiger partial charge in [0.2, 0.25) is 0 Å². The molecule has 0 unspecified atom stereocenters. The minimum Gasteiger partial charge on any atom is -0.265 e. The predicted molar refractivity (Wildman–Crippen MR) is 110 cm³/mol. The van der Waals surface area contributed by atoms with Gasteiger partial charge < -0.3 is 4.98 Å². The van der Waals surface area contributed by atoms with Crippen LogP contribution in [-0.2, 0) is 4.92 Å². The van der Waals surface area contributed by atoms with E-state index >= 15 is 0 Å². The van der Waals surface area contributed by atoms with Crippen molar-refractivity contribution in [3.05, 3.63) is 47.8 Å². The number of halogens is 3. The molecule has 0 bridgehead atoms. The molecule has 7 heteroatoms. The van der Waals surface area contributed by atoms with Crippen LogP contribution in [0.1, 0.15) is 31.1 Å². The van der Waals surface area contributed by atoms with E-state index in [1.165, 1.54) is 5.69 Å². The van der Waals surface area contributed by atoms with E-state index in [0.717, 1.165) is 11.5 Å². The number of aryl methyl sites for hydroxylation is 3. The van der Waals surface area contributed by atoms with Crippen LogP contribution in [0.4, 0.5) is 0 Å². The summed E-state index contributed by atoms with van der Waals surface area (Å²) in [7, 11) is 0. The van der Waals surface area contributed by atoms with Crippen LogP contribution in [0.15, 0.2) is 30.6 Å². The molecule has 0 amide bonds. The molecule has 0 aliphatic heterocycles. The van der Waals surface area contributed by atoms with Crippen molar-refractivity contribution in [1.82, 2.24) is 15.0 Å². The van der Waals surface area contributed by atoms with Gasteiger partial charge in [0, 0.05) is 18.1 Å². The third kappa shape index (κ3) is 17.2. The zero-order chi connectivity index (χ0) is 16.0. The van der Waals surface area contributed by atoms with Crippen molar-refractivity contribution in [2.24, 2.45) is 0 Å². The molecule has 1 N–H and O–H groups in total. The maximum Gasteiger partial charge on any atom is 0.0267 e. The number of nitrogens with one attached hydrogen (secondary N) is 1. The van der Waals surface area contributed by atoms with Gasteiger partial charge in [-0.15, -0.1) is 0 Å². The average molecular weight is 651 g/mol. The number of H-pyrrole nitrogens is 1. The Labute approximate surface area is 160 Å². The number of aromatic nitrogens is 3. The maximum absolute atomic E-state index is 4.16. The van der Waals surface area contributed by atoms with E-state index in [2.05, 4.69) is 74.9 Å². The first kappa shape index (κ1) is 23.4. The standard InChI is InChI=1S/C6H10N2.C5H5N.C2H6.3HI.V/c1-4-5(2)8-6(3)7-4;1-2-4-6-5-3-1;1-2;;;;/h1-3H3,(H,7,8);1-5H;1-2H3;3*1H;/q;;;;;;+3/p-3.